The summed E-state index contributed by atoms with van der Waals surface area (Å²) < 4.78 is 10.7. The van der Waals surface area contributed by atoms with Crippen molar-refractivity contribution < 1.29 is 19.1 Å². The molecule has 144 valence electrons. The molecule has 0 fully saturated rings. The topological polar surface area (TPSA) is 64.6 Å². The van der Waals surface area contributed by atoms with E-state index < -0.39 is 18.0 Å². The second kappa shape index (κ2) is 8.57. The number of aryl methyl sites for hydroxylation is 2. The molecule has 1 N–H and O–H groups in total. The first-order valence-electron chi connectivity index (χ1n) is 9.11. The predicted octanol–water partition coefficient (Wildman–Crippen LogP) is 4.41. The lowest BCUT2D eigenvalue weighted by molar-refractivity contribution is -0.155. The van der Waals surface area contributed by atoms with Gasteiger partial charge in [-0.3, -0.25) is 4.79 Å². The van der Waals surface area contributed by atoms with Crippen molar-refractivity contribution in [2.75, 3.05) is 11.9 Å². The molecule has 0 aromatic heterocycles. The standard InChI is InChI=1S/C23H23NO4/c1-15-11-16(2)13-19(12-15)27-14-22(25)28-17(3)23(26)24-21-10-6-8-18-7-4-5-9-20(18)21/h4-13,17H,14H2,1-3H3,(H,24,26)/t17-/m1/s1. The van der Waals surface area contributed by atoms with Crippen molar-refractivity contribution in [3.8, 4) is 5.75 Å². The van der Waals surface area contributed by atoms with Gasteiger partial charge in [0.2, 0.25) is 0 Å². The molecule has 0 saturated heterocycles. The Morgan fingerprint density at radius 1 is 0.964 bits per heavy atom. The first-order valence-corrected chi connectivity index (χ1v) is 9.11. The zero-order valence-corrected chi connectivity index (χ0v) is 16.2. The average Bonchev–Trinajstić information content (AvgIpc) is 2.66. The third-order valence-corrected chi connectivity index (χ3v) is 4.28. The van der Waals surface area contributed by atoms with Crippen LogP contribution >= 0.6 is 0 Å². The summed E-state index contributed by atoms with van der Waals surface area (Å²) in [5, 5.41) is 4.77. The van der Waals surface area contributed by atoms with Crippen molar-refractivity contribution in [2.45, 2.75) is 26.9 Å². The van der Waals surface area contributed by atoms with Gasteiger partial charge in [0.15, 0.2) is 12.7 Å². The zero-order chi connectivity index (χ0) is 20.1. The number of rotatable bonds is 6. The third kappa shape index (κ3) is 4.88. The van der Waals surface area contributed by atoms with Crippen LogP contribution in [-0.2, 0) is 14.3 Å². The summed E-state index contributed by atoms with van der Waals surface area (Å²) in [6, 6.07) is 19.1. The fourth-order valence-electron chi connectivity index (χ4n) is 3.01. The minimum Gasteiger partial charge on any atom is -0.482 e. The second-order valence-electron chi connectivity index (χ2n) is 6.76. The Morgan fingerprint density at radius 3 is 2.39 bits per heavy atom. The van der Waals surface area contributed by atoms with Gasteiger partial charge in [-0.1, -0.05) is 42.5 Å². The minimum atomic E-state index is -0.936. The van der Waals surface area contributed by atoms with Crippen LogP contribution in [0.2, 0.25) is 0 Å². The van der Waals surface area contributed by atoms with Gasteiger partial charge in [-0.15, -0.1) is 0 Å². The van der Waals surface area contributed by atoms with E-state index in [4.69, 9.17) is 9.47 Å². The fourth-order valence-corrected chi connectivity index (χ4v) is 3.01. The number of benzene rings is 3. The molecule has 0 unspecified atom stereocenters. The molecule has 0 aliphatic rings. The van der Waals surface area contributed by atoms with Crippen LogP contribution in [0.1, 0.15) is 18.1 Å². The molecule has 3 rings (SSSR count). The monoisotopic (exact) mass is 377 g/mol. The molecule has 0 aliphatic carbocycles. The molecule has 0 spiro atoms. The summed E-state index contributed by atoms with van der Waals surface area (Å²) in [6.07, 6.45) is -0.936. The molecule has 28 heavy (non-hydrogen) atoms. The highest BCUT2D eigenvalue weighted by atomic mass is 16.6. The maximum absolute atomic E-state index is 12.4. The Hall–Kier alpha value is -3.34. The molecule has 3 aromatic carbocycles. The van der Waals surface area contributed by atoms with Gasteiger partial charge in [-0.25, -0.2) is 4.79 Å². The number of amides is 1. The summed E-state index contributed by atoms with van der Waals surface area (Å²) in [6.45, 7) is 5.19. The largest absolute Gasteiger partial charge is 0.482 e. The Balaban J connectivity index is 1.56. The molecule has 0 radical (unpaired) electrons. The van der Waals surface area contributed by atoms with E-state index in [1.54, 1.807) is 0 Å². The minimum absolute atomic E-state index is 0.255. The molecule has 1 atom stereocenters. The van der Waals surface area contributed by atoms with E-state index in [1.165, 1.54) is 6.92 Å². The molecule has 0 aliphatic heterocycles. The summed E-state index contributed by atoms with van der Waals surface area (Å²) in [5.74, 6) is -0.391. The lowest BCUT2D eigenvalue weighted by Gasteiger charge is -2.15. The Morgan fingerprint density at radius 2 is 1.64 bits per heavy atom. The maximum atomic E-state index is 12.4. The molecule has 5 heteroatoms. The highest BCUT2D eigenvalue weighted by molar-refractivity contribution is 6.03. The summed E-state index contributed by atoms with van der Waals surface area (Å²) in [4.78, 5) is 24.5. The molecule has 1 amide bonds. The van der Waals surface area contributed by atoms with Crippen LogP contribution in [0, 0.1) is 13.8 Å². The summed E-state index contributed by atoms with van der Waals surface area (Å²) >= 11 is 0. The van der Waals surface area contributed by atoms with Crippen LogP contribution in [0.3, 0.4) is 0 Å². The van der Waals surface area contributed by atoms with Gasteiger partial charge < -0.3 is 14.8 Å². The second-order valence-corrected chi connectivity index (χ2v) is 6.76. The van der Waals surface area contributed by atoms with E-state index in [2.05, 4.69) is 5.32 Å². The van der Waals surface area contributed by atoms with Gasteiger partial charge in [-0.05, 0) is 55.5 Å². The van der Waals surface area contributed by atoms with Crippen LogP contribution in [0.4, 0.5) is 5.69 Å². The van der Waals surface area contributed by atoms with E-state index in [9.17, 15) is 9.59 Å². The smallest absolute Gasteiger partial charge is 0.344 e. The normalized spacial score (nSPS) is 11.7. The molecular formula is C23H23NO4. The van der Waals surface area contributed by atoms with Crippen molar-refractivity contribution in [3.63, 3.8) is 0 Å². The highest BCUT2D eigenvalue weighted by Gasteiger charge is 2.19. The molecule has 0 saturated carbocycles. The highest BCUT2D eigenvalue weighted by Crippen LogP contribution is 2.23. The van der Waals surface area contributed by atoms with Crippen LogP contribution < -0.4 is 10.1 Å². The van der Waals surface area contributed by atoms with Crippen molar-refractivity contribution in [3.05, 3.63) is 71.8 Å². The van der Waals surface area contributed by atoms with Gasteiger partial charge in [-0.2, -0.15) is 0 Å². The number of esters is 1. The van der Waals surface area contributed by atoms with E-state index in [-0.39, 0.29) is 6.61 Å². The molecule has 0 heterocycles. The van der Waals surface area contributed by atoms with E-state index >= 15 is 0 Å². The number of carbonyl (C=O) groups excluding carboxylic acids is 2. The molecule has 3 aromatic rings. The number of hydrogen-bond acceptors (Lipinski definition) is 4. The van der Waals surface area contributed by atoms with Gasteiger partial charge >= 0.3 is 5.97 Å². The van der Waals surface area contributed by atoms with Crippen molar-refractivity contribution in [1.29, 1.82) is 0 Å². The van der Waals surface area contributed by atoms with Gasteiger partial charge in [0.05, 0.1) is 0 Å². The van der Waals surface area contributed by atoms with Gasteiger partial charge in [0, 0.05) is 11.1 Å². The number of ether oxygens (including phenoxy) is 2. The van der Waals surface area contributed by atoms with Crippen LogP contribution in [0.15, 0.2) is 60.7 Å². The fraction of sp³-hybridized carbons (Fsp3) is 0.217. The first-order chi connectivity index (χ1) is 13.4. The predicted molar refractivity (Wildman–Crippen MR) is 110 cm³/mol. The summed E-state index contributed by atoms with van der Waals surface area (Å²) in [7, 11) is 0. The lowest BCUT2D eigenvalue weighted by Crippen LogP contribution is -2.31. The molecule has 5 nitrogen and oxygen atoms in total. The summed E-state index contributed by atoms with van der Waals surface area (Å²) in [5.41, 5.74) is 2.77. The maximum Gasteiger partial charge on any atom is 0.344 e. The first kappa shape index (κ1) is 19.4. The van der Waals surface area contributed by atoms with E-state index in [1.807, 2.05) is 74.5 Å². The van der Waals surface area contributed by atoms with Gasteiger partial charge in [0.1, 0.15) is 5.75 Å². The van der Waals surface area contributed by atoms with E-state index in [0.717, 1.165) is 21.9 Å². The SMILES string of the molecule is Cc1cc(C)cc(OCC(=O)O[C@H](C)C(=O)Nc2cccc3ccccc23)c1. The van der Waals surface area contributed by atoms with Crippen LogP contribution in [0.5, 0.6) is 5.75 Å². The van der Waals surface area contributed by atoms with Gasteiger partial charge in [0.25, 0.3) is 5.91 Å². The number of hydrogen-bond donors (Lipinski definition) is 1. The van der Waals surface area contributed by atoms with Crippen molar-refractivity contribution in [1.82, 2.24) is 0 Å². The van der Waals surface area contributed by atoms with Crippen LogP contribution in [-0.4, -0.2) is 24.6 Å². The Kier molecular flexibility index (Phi) is 5.94. The van der Waals surface area contributed by atoms with E-state index in [0.29, 0.717) is 11.4 Å². The number of nitrogens with one attached hydrogen (secondary N) is 1. The Bertz CT molecular complexity index is 987. The van der Waals surface area contributed by atoms with Crippen LogP contribution in [0.25, 0.3) is 10.8 Å². The number of carbonyl (C=O) groups is 2. The lowest BCUT2D eigenvalue weighted by atomic mass is 10.1. The number of fused-ring (bicyclic) bond motifs is 1. The number of anilines is 1. The molecular weight excluding hydrogens is 354 g/mol. The van der Waals surface area contributed by atoms with Crippen molar-refractivity contribution >= 4 is 28.3 Å². The third-order valence-electron chi connectivity index (χ3n) is 4.28. The quantitative estimate of drug-likeness (QED) is 0.647. The zero-order valence-electron chi connectivity index (χ0n) is 16.2. The van der Waals surface area contributed by atoms with Crippen molar-refractivity contribution in [2.24, 2.45) is 0 Å². The average molecular weight is 377 g/mol. The Labute approximate surface area is 164 Å². The molecule has 0 bridgehead atoms.